The van der Waals surface area contributed by atoms with Gasteiger partial charge in [0, 0.05) is 13.1 Å². The molecule has 2 atom stereocenters. The van der Waals surface area contributed by atoms with Crippen molar-refractivity contribution in [2.45, 2.75) is 46.3 Å². The van der Waals surface area contributed by atoms with Gasteiger partial charge in [-0.15, -0.1) is 0 Å². The summed E-state index contributed by atoms with van der Waals surface area (Å²) in [5.41, 5.74) is 2.79. The maximum absolute atomic E-state index is 12.6. The molecule has 7 nitrogen and oxygen atoms in total. The highest BCUT2D eigenvalue weighted by molar-refractivity contribution is 5.95. The fourth-order valence-electron chi connectivity index (χ4n) is 3.39. The zero-order chi connectivity index (χ0) is 22.5. The van der Waals surface area contributed by atoms with E-state index in [1.807, 2.05) is 44.2 Å². The lowest BCUT2D eigenvalue weighted by molar-refractivity contribution is -0.129. The van der Waals surface area contributed by atoms with Crippen molar-refractivity contribution >= 4 is 22.9 Å². The monoisotopic (exact) mass is 421 g/mol. The molecule has 3 rings (SSSR count). The summed E-state index contributed by atoms with van der Waals surface area (Å²) < 4.78 is 6.96. The van der Waals surface area contributed by atoms with Crippen LogP contribution in [0.2, 0.25) is 0 Å². The first-order valence-corrected chi connectivity index (χ1v) is 10.4. The smallest absolute Gasteiger partial charge is 0.338 e. The number of aryl methyl sites for hydroxylation is 2. The van der Waals surface area contributed by atoms with Crippen LogP contribution in [0.3, 0.4) is 0 Å². The summed E-state index contributed by atoms with van der Waals surface area (Å²) in [6.07, 6.45) is -0.939. The zero-order valence-electron chi connectivity index (χ0n) is 18.2. The number of nitrogens with one attached hydrogen (secondary N) is 1. The van der Waals surface area contributed by atoms with E-state index in [9.17, 15) is 14.4 Å². The molecule has 1 N–H and O–H groups in total. The molecule has 0 spiro atoms. The molecule has 0 unspecified atom stereocenters. The Hall–Kier alpha value is -3.48. The third-order valence-corrected chi connectivity index (χ3v) is 5.27. The molecule has 0 aliphatic rings. The fourth-order valence-corrected chi connectivity index (χ4v) is 3.39. The van der Waals surface area contributed by atoms with Crippen LogP contribution in [-0.2, 0) is 16.1 Å². The minimum atomic E-state index is -0.939. The number of aromatic nitrogens is 2. The number of amides is 1. The summed E-state index contributed by atoms with van der Waals surface area (Å²) in [5.74, 6) is -0.834. The standard InChI is InChI=1S/C24H27N3O4/c1-5-27-21-12-11-19(13-20(21)26-16(3)23(27)29)24(30)31-17(4)22(28)25-14-15(2)18-9-7-6-8-10-18/h6-13,15,17H,5,14H2,1-4H3,(H,25,28)/t15-,17+/m0/s1. The predicted molar refractivity (Wildman–Crippen MR) is 119 cm³/mol. The third kappa shape index (κ3) is 4.99. The Labute approximate surface area is 181 Å². The van der Waals surface area contributed by atoms with E-state index in [-0.39, 0.29) is 22.9 Å². The van der Waals surface area contributed by atoms with Crippen LogP contribution in [0.25, 0.3) is 11.0 Å². The number of fused-ring (bicyclic) bond motifs is 1. The number of ether oxygens (including phenoxy) is 1. The van der Waals surface area contributed by atoms with E-state index in [0.717, 1.165) is 5.56 Å². The van der Waals surface area contributed by atoms with E-state index in [0.29, 0.717) is 29.8 Å². The second kappa shape index (κ2) is 9.55. The topological polar surface area (TPSA) is 90.3 Å². The molecule has 162 valence electrons. The average molecular weight is 421 g/mol. The molecule has 0 radical (unpaired) electrons. The van der Waals surface area contributed by atoms with Crippen molar-refractivity contribution in [1.29, 1.82) is 0 Å². The van der Waals surface area contributed by atoms with Crippen molar-refractivity contribution in [3.63, 3.8) is 0 Å². The van der Waals surface area contributed by atoms with Crippen LogP contribution in [0.15, 0.2) is 53.3 Å². The van der Waals surface area contributed by atoms with Crippen molar-refractivity contribution in [1.82, 2.24) is 14.9 Å². The molecule has 1 aromatic heterocycles. The van der Waals surface area contributed by atoms with Crippen molar-refractivity contribution < 1.29 is 14.3 Å². The lowest BCUT2D eigenvalue weighted by atomic mass is 10.0. The van der Waals surface area contributed by atoms with Crippen molar-refractivity contribution in [3.8, 4) is 0 Å². The Kier molecular flexibility index (Phi) is 6.84. The van der Waals surface area contributed by atoms with Crippen LogP contribution >= 0.6 is 0 Å². The number of hydrogen-bond acceptors (Lipinski definition) is 5. The molecule has 7 heteroatoms. The summed E-state index contributed by atoms with van der Waals surface area (Å²) in [6, 6.07) is 14.7. The highest BCUT2D eigenvalue weighted by Gasteiger charge is 2.20. The lowest BCUT2D eigenvalue weighted by Crippen LogP contribution is -2.37. The van der Waals surface area contributed by atoms with E-state index in [2.05, 4.69) is 10.3 Å². The molecular formula is C24H27N3O4. The number of benzene rings is 2. The van der Waals surface area contributed by atoms with Crippen LogP contribution in [0.1, 0.15) is 48.3 Å². The number of carbonyl (C=O) groups excluding carboxylic acids is 2. The maximum atomic E-state index is 12.6. The quantitative estimate of drug-likeness (QED) is 0.592. The first-order chi connectivity index (χ1) is 14.8. The summed E-state index contributed by atoms with van der Waals surface area (Å²) >= 11 is 0. The van der Waals surface area contributed by atoms with Crippen LogP contribution in [0.5, 0.6) is 0 Å². The van der Waals surface area contributed by atoms with Gasteiger partial charge in [0.15, 0.2) is 6.10 Å². The van der Waals surface area contributed by atoms with Gasteiger partial charge >= 0.3 is 5.97 Å². The molecule has 0 bridgehead atoms. The summed E-state index contributed by atoms with van der Waals surface area (Å²) in [5, 5.41) is 2.83. The first-order valence-electron chi connectivity index (χ1n) is 10.4. The van der Waals surface area contributed by atoms with Crippen LogP contribution in [-0.4, -0.2) is 34.1 Å². The number of rotatable bonds is 7. The minimum Gasteiger partial charge on any atom is -0.449 e. The van der Waals surface area contributed by atoms with Gasteiger partial charge in [-0.1, -0.05) is 37.3 Å². The van der Waals surface area contributed by atoms with Gasteiger partial charge in [0.05, 0.1) is 16.6 Å². The molecule has 3 aromatic rings. The van der Waals surface area contributed by atoms with Gasteiger partial charge in [-0.25, -0.2) is 9.78 Å². The molecule has 0 saturated heterocycles. The first kappa shape index (κ1) is 22.2. The molecule has 0 saturated carbocycles. The Bertz CT molecular complexity index is 1150. The van der Waals surface area contributed by atoms with E-state index < -0.39 is 12.1 Å². The van der Waals surface area contributed by atoms with Gasteiger partial charge in [0.2, 0.25) is 0 Å². The van der Waals surface area contributed by atoms with Crippen molar-refractivity contribution in [2.75, 3.05) is 6.54 Å². The number of esters is 1. The van der Waals surface area contributed by atoms with Gasteiger partial charge in [-0.2, -0.15) is 0 Å². The van der Waals surface area contributed by atoms with Gasteiger partial charge in [-0.05, 0) is 50.5 Å². The lowest BCUT2D eigenvalue weighted by Gasteiger charge is -2.17. The normalized spacial score (nSPS) is 12.9. The number of carbonyl (C=O) groups is 2. The molecule has 1 heterocycles. The van der Waals surface area contributed by atoms with Crippen LogP contribution in [0, 0.1) is 6.92 Å². The number of hydrogen-bond donors (Lipinski definition) is 1. The molecular weight excluding hydrogens is 394 g/mol. The van der Waals surface area contributed by atoms with Crippen molar-refractivity contribution in [3.05, 3.63) is 75.7 Å². The fraction of sp³-hybridized carbons (Fsp3) is 0.333. The second-order valence-corrected chi connectivity index (χ2v) is 7.55. The molecule has 31 heavy (non-hydrogen) atoms. The molecule has 1 amide bonds. The predicted octanol–water partition coefficient (Wildman–Crippen LogP) is 3.19. The van der Waals surface area contributed by atoms with Gasteiger partial charge < -0.3 is 14.6 Å². The van der Waals surface area contributed by atoms with E-state index >= 15 is 0 Å². The Balaban J connectivity index is 1.66. The van der Waals surface area contributed by atoms with Gasteiger partial charge in [0.25, 0.3) is 11.5 Å². The Morgan fingerprint density at radius 2 is 1.84 bits per heavy atom. The minimum absolute atomic E-state index is 0.138. The summed E-state index contributed by atoms with van der Waals surface area (Å²) in [7, 11) is 0. The largest absolute Gasteiger partial charge is 0.449 e. The summed E-state index contributed by atoms with van der Waals surface area (Å²) in [6.45, 7) is 8.02. The zero-order valence-corrected chi connectivity index (χ0v) is 18.2. The van der Waals surface area contributed by atoms with Gasteiger partial charge in [-0.3, -0.25) is 9.59 Å². The van der Waals surface area contributed by atoms with Gasteiger partial charge in [0.1, 0.15) is 5.69 Å². The molecule has 0 fully saturated rings. The van der Waals surface area contributed by atoms with E-state index in [1.165, 1.54) is 0 Å². The Morgan fingerprint density at radius 3 is 2.52 bits per heavy atom. The summed E-state index contributed by atoms with van der Waals surface area (Å²) in [4.78, 5) is 41.5. The third-order valence-electron chi connectivity index (χ3n) is 5.27. The van der Waals surface area contributed by atoms with Crippen molar-refractivity contribution in [2.24, 2.45) is 0 Å². The van der Waals surface area contributed by atoms with Crippen LogP contribution < -0.4 is 10.9 Å². The van der Waals surface area contributed by atoms with E-state index in [4.69, 9.17) is 4.74 Å². The highest BCUT2D eigenvalue weighted by Crippen LogP contribution is 2.16. The SMILES string of the molecule is CCn1c(=O)c(C)nc2cc(C(=O)O[C@H](C)C(=O)NC[C@H](C)c3ccccc3)ccc21. The van der Waals surface area contributed by atoms with E-state index in [1.54, 1.807) is 36.6 Å². The molecule has 0 aliphatic carbocycles. The average Bonchev–Trinajstić information content (AvgIpc) is 2.78. The van der Waals surface area contributed by atoms with Crippen LogP contribution in [0.4, 0.5) is 0 Å². The maximum Gasteiger partial charge on any atom is 0.338 e. The highest BCUT2D eigenvalue weighted by atomic mass is 16.5. The molecule has 2 aromatic carbocycles. The number of nitrogens with zero attached hydrogens (tertiary/aromatic N) is 2. The second-order valence-electron chi connectivity index (χ2n) is 7.55. The molecule has 0 aliphatic heterocycles. The Morgan fingerprint density at radius 1 is 1.13 bits per heavy atom.